The van der Waals surface area contributed by atoms with E-state index in [9.17, 15) is 107 Å². The summed E-state index contributed by atoms with van der Waals surface area (Å²) in [7, 11) is 5.55. The smallest absolute Gasteiger partial charge is 0.389 e. The Balaban J connectivity index is 3.06. The van der Waals surface area contributed by atoms with E-state index < -0.39 is 116 Å². The minimum absolute atomic E-state index is 0.173. The molecule has 1 amide bonds. The van der Waals surface area contributed by atoms with Crippen LogP contribution < -0.4 is 5.32 Å². The lowest BCUT2D eigenvalue weighted by Gasteiger charge is -2.44. The average molecular weight is 869 g/mol. The molecule has 0 bridgehead atoms. The second-order valence-corrected chi connectivity index (χ2v) is 14.1. The number of alkyl halides is 21. The number of ether oxygens (including phenoxy) is 1. The van der Waals surface area contributed by atoms with Gasteiger partial charge in [0.25, 0.3) is 0 Å². The van der Waals surface area contributed by atoms with Crippen molar-refractivity contribution in [1.29, 1.82) is 0 Å². The van der Waals surface area contributed by atoms with E-state index >= 15 is 0 Å². The van der Waals surface area contributed by atoms with Gasteiger partial charge in [-0.25, -0.2) is 0 Å². The highest BCUT2D eigenvalue weighted by Gasteiger charge is 2.97. The van der Waals surface area contributed by atoms with Crippen molar-refractivity contribution in [3.63, 3.8) is 0 Å². The summed E-state index contributed by atoms with van der Waals surface area (Å²) in [6.07, 6.45) is -15.7. The Labute approximate surface area is 288 Å². The molecule has 3 unspecified atom stereocenters. The third kappa shape index (κ3) is 9.07. The van der Waals surface area contributed by atoms with Gasteiger partial charge >= 0.3 is 66.2 Å². The summed E-state index contributed by atoms with van der Waals surface area (Å²) in [6, 6.07) is -0.672. The minimum atomic E-state index is -9.28. The lowest BCUT2D eigenvalue weighted by Crippen LogP contribution is -2.76. The third-order valence-electron chi connectivity index (χ3n) is 7.20. The number of carbonyl (C=O) groups excluding carboxylic acids is 1. The van der Waals surface area contributed by atoms with Crippen LogP contribution >= 0.6 is 6.72 Å². The maximum atomic E-state index is 14.1. The Kier molecular flexibility index (Phi) is 14.4. The Morgan fingerprint density at radius 3 is 1.55 bits per heavy atom. The predicted molar refractivity (Wildman–Crippen MR) is 135 cm³/mol. The van der Waals surface area contributed by atoms with Crippen molar-refractivity contribution in [2.75, 3.05) is 19.8 Å². The molecule has 53 heavy (non-hydrogen) atoms. The van der Waals surface area contributed by atoms with Crippen LogP contribution in [0.5, 0.6) is 0 Å². The largest absolute Gasteiger partial charge is 0.460 e. The first-order valence-corrected chi connectivity index (χ1v) is 16.2. The average Bonchev–Trinajstić information content (AvgIpc) is 3.31. The third-order valence-corrected chi connectivity index (χ3v) is 8.78. The molecule has 0 aromatic rings. The van der Waals surface area contributed by atoms with Gasteiger partial charge in [-0.05, 0) is 24.1 Å². The van der Waals surface area contributed by atoms with Crippen molar-refractivity contribution in [1.82, 2.24) is 5.32 Å². The van der Waals surface area contributed by atoms with Crippen LogP contribution in [0.15, 0.2) is 0 Å². The number of aliphatic hydroxyl groups excluding tert-OH is 1. The zero-order valence-electron chi connectivity index (χ0n) is 25.4. The molecule has 31 heteroatoms. The van der Waals surface area contributed by atoms with Crippen molar-refractivity contribution in [3.8, 4) is 0 Å². The molecule has 1 aliphatic rings. The van der Waals surface area contributed by atoms with Crippen LogP contribution in [0.1, 0.15) is 26.2 Å². The highest BCUT2D eigenvalue weighted by molar-refractivity contribution is 8.07. The summed E-state index contributed by atoms with van der Waals surface area (Å²) in [5, 5.41) is 11.2. The molecule has 1 saturated heterocycles. The molecular formula is C22H22BF21NO6PS. The van der Waals surface area contributed by atoms with Gasteiger partial charge in [0.2, 0.25) is 5.91 Å². The first-order chi connectivity index (χ1) is 23.1. The second-order valence-electron chi connectivity index (χ2n) is 11.2. The van der Waals surface area contributed by atoms with E-state index in [0.29, 0.717) is 6.42 Å². The van der Waals surface area contributed by atoms with Crippen LogP contribution in [0.25, 0.3) is 0 Å². The molecular weight excluding hydrogens is 847 g/mol. The summed E-state index contributed by atoms with van der Waals surface area (Å²) < 4.78 is 298. The Hall–Kier alpha value is -1.49. The molecule has 1 aliphatic heterocycles. The highest BCUT2D eigenvalue weighted by Crippen LogP contribution is 2.66. The van der Waals surface area contributed by atoms with Crippen LogP contribution in [0.2, 0.25) is 0 Å². The van der Waals surface area contributed by atoms with Crippen LogP contribution in [0, 0.1) is 5.92 Å². The number of hydrogen-bond donors (Lipinski definition) is 3. The Morgan fingerprint density at radius 1 is 0.774 bits per heavy atom. The maximum Gasteiger partial charge on any atom is 0.460 e. The fourth-order valence-electron chi connectivity index (χ4n) is 3.92. The number of aliphatic hydroxyl groups is 1. The number of carbonyl (C=O) groups is 1. The summed E-state index contributed by atoms with van der Waals surface area (Å²) >= 11 is 4.62. The van der Waals surface area contributed by atoms with Gasteiger partial charge in [-0.15, -0.1) is 0 Å². The summed E-state index contributed by atoms with van der Waals surface area (Å²) in [6.45, 7) is -5.05. The molecule has 0 aliphatic carbocycles. The number of nitrogens with one attached hydrogen (secondary N) is 1. The van der Waals surface area contributed by atoms with Gasteiger partial charge in [0.15, 0.2) is 0 Å². The van der Waals surface area contributed by atoms with Crippen molar-refractivity contribution in [2.45, 2.75) is 104 Å². The molecule has 0 aromatic heterocycles. The quantitative estimate of drug-likeness (QED) is 0.0757. The van der Waals surface area contributed by atoms with E-state index in [1.54, 1.807) is 6.92 Å². The van der Waals surface area contributed by atoms with Gasteiger partial charge in [0.05, 0.1) is 25.4 Å². The molecule has 2 radical (unpaired) electrons. The predicted octanol–water partition coefficient (Wildman–Crippen LogP) is 6.69. The first-order valence-electron chi connectivity index (χ1n) is 13.6. The number of amides is 1. The second kappa shape index (κ2) is 15.5. The molecule has 5 atom stereocenters. The zero-order valence-corrected chi connectivity index (χ0v) is 27.2. The Bertz CT molecular complexity index is 1340. The molecule has 0 saturated carbocycles. The number of rotatable bonds is 19. The molecule has 1 heterocycles. The van der Waals surface area contributed by atoms with Gasteiger partial charge in [-0.1, -0.05) is 6.92 Å². The molecule has 7 nitrogen and oxygen atoms in total. The van der Waals surface area contributed by atoms with Gasteiger partial charge in [-0.2, -0.15) is 92.2 Å². The first kappa shape index (κ1) is 49.5. The lowest BCUT2D eigenvalue weighted by atomic mass is 9.85. The van der Waals surface area contributed by atoms with E-state index in [-0.39, 0.29) is 12.5 Å². The zero-order chi connectivity index (χ0) is 42.5. The van der Waals surface area contributed by atoms with Crippen molar-refractivity contribution in [3.05, 3.63) is 0 Å². The van der Waals surface area contributed by atoms with Crippen LogP contribution in [0.4, 0.5) is 92.2 Å². The van der Waals surface area contributed by atoms with E-state index in [4.69, 9.17) is 21.6 Å². The van der Waals surface area contributed by atoms with Crippen molar-refractivity contribution in [2.24, 2.45) is 5.92 Å². The summed E-state index contributed by atoms with van der Waals surface area (Å²) in [4.78, 5) is 21.7. The topological polar surface area (TPSA) is 97.3 Å². The Morgan fingerprint density at radius 2 is 1.17 bits per heavy atom. The van der Waals surface area contributed by atoms with E-state index in [1.807, 2.05) is 0 Å². The summed E-state index contributed by atoms with van der Waals surface area (Å²) in [5.74, 6) is -80.4. The van der Waals surface area contributed by atoms with Crippen LogP contribution in [-0.4, -0.2) is 121 Å². The van der Waals surface area contributed by atoms with E-state index in [2.05, 4.69) is 11.8 Å². The molecule has 1 fully saturated rings. The van der Waals surface area contributed by atoms with Crippen LogP contribution in [0.3, 0.4) is 0 Å². The van der Waals surface area contributed by atoms with Crippen LogP contribution in [-0.2, 0) is 30.4 Å². The highest BCUT2D eigenvalue weighted by atomic mass is 32.5. The normalized spacial score (nSPS) is 22.5. The molecule has 1 rings (SSSR count). The van der Waals surface area contributed by atoms with Gasteiger partial charge in [0, 0.05) is 25.4 Å². The van der Waals surface area contributed by atoms with Gasteiger partial charge in [-0.3, -0.25) is 4.79 Å². The maximum absolute atomic E-state index is 14.1. The van der Waals surface area contributed by atoms with Crippen molar-refractivity contribution < 1.29 is 121 Å². The molecule has 0 aromatic carbocycles. The fourth-order valence-corrected chi connectivity index (χ4v) is 5.05. The van der Waals surface area contributed by atoms with Crippen molar-refractivity contribution >= 4 is 32.3 Å². The monoisotopic (exact) mass is 869 g/mol. The minimum Gasteiger partial charge on any atom is -0.389 e. The SMILES string of the molecule is [B][C@H]1CC(C)[C@@H](COP(O)(=S)OCC(O)CNC(=O)CCC(F)(F)C(F)(F)C(F)(F)C(F)(F)C(F)(F)C(F)(F)C(F)(F)C(F)(F)C(F)(F)C(F)(F)F)O1. The lowest BCUT2D eigenvalue weighted by molar-refractivity contribution is -0.474. The molecule has 312 valence electrons. The molecule has 0 spiro atoms. The van der Waals surface area contributed by atoms with Gasteiger partial charge < -0.3 is 29.1 Å². The summed E-state index contributed by atoms with van der Waals surface area (Å²) in [5.41, 5.74) is 0. The molecule has 3 N–H and O–H groups in total. The van der Waals surface area contributed by atoms with Gasteiger partial charge in [0.1, 0.15) is 7.85 Å². The number of hydrogen-bond acceptors (Lipinski definition) is 6. The number of halogens is 21. The fraction of sp³-hybridized carbons (Fsp3) is 0.955. The standard InChI is InChI=1S/C22H22BF21NO6PS/c1-8-4-11(23)51-10(8)7-50-52(48,53)49-6-9(46)5-45-12(47)2-3-13(24,25)14(26,27)15(28,29)16(30,31)17(32,33)18(34,35)19(36,37)20(38,39)21(40,41)22(42,43)44/h8-11,46H,2-7H2,1H3,(H,45,47)(H,48,53)/t8?,9?,10-,11-,52?/m1/s1. The van der Waals surface area contributed by atoms with E-state index in [0.717, 1.165) is 0 Å². The van der Waals surface area contributed by atoms with E-state index in [1.165, 1.54) is 5.32 Å².